The number of hydrogen-bond acceptors (Lipinski definition) is 7. The van der Waals surface area contributed by atoms with Crippen molar-refractivity contribution < 1.29 is 19.7 Å². The highest BCUT2D eigenvalue weighted by Gasteiger charge is 2.32. The van der Waals surface area contributed by atoms with Crippen LogP contribution >= 0.6 is 0 Å². The van der Waals surface area contributed by atoms with Crippen LogP contribution in [0, 0.1) is 0 Å². The summed E-state index contributed by atoms with van der Waals surface area (Å²) in [7, 11) is 1.91. The first-order chi connectivity index (χ1) is 13.4. The van der Waals surface area contributed by atoms with Crippen molar-refractivity contribution in [1.82, 2.24) is 4.90 Å². The van der Waals surface area contributed by atoms with Gasteiger partial charge in [-0.1, -0.05) is 18.2 Å². The van der Waals surface area contributed by atoms with Gasteiger partial charge in [-0.2, -0.15) is 0 Å². The van der Waals surface area contributed by atoms with Crippen LogP contribution in [0.4, 0.5) is 11.6 Å². The topological polar surface area (TPSA) is 106 Å². The van der Waals surface area contributed by atoms with E-state index >= 15 is 0 Å². The summed E-state index contributed by atoms with van der Waals surface area (Å²) < 4.78 is 5.91. The van der Waals surface area contributed by atoms with Gasteiger partial charge in [-0.25, -0.2) is 0 Å². The first-order valence-electron chi connectivity index (χ1n) is 9.15. The second-order valence-corrected chi connectivity index (χ2v) is 7.22. The standard InChI is InChI=1S/C21H22N2O5/c1-23-8-7-13(17(27)11-23)19-14(24)9-15(25)20-16(26)10-18(28-21(19)20)22-12-5-3-2-4-6-12/h2-6,9-10,13,17,22,24-25,27H,7-8,11H2,1H3/t13-,17+/m0/s1. The van der Waals surface area contributed by atoms with E-state index in [1.807, 2.05) is 42.3 Å². The van der Waals surface area contributed by atoms with Crippen LogP contribution in [-0.2, 0) is 0 Å². The molecule has 1 aliphatic heterocycles. The van der Waals surface area contributed by atoms with Crippen LogP contribution < -0.4 is 10.7 Å². The summed E-state index contributed by atoms with van der Waals surface area (Å²) in [6.07, 6.45) is -0.140. The minimum atomic E-state index is -0.728. The normalized spacial score (nSPS) is 20.4. The maximum absolute atomic E-state index is 12.7. The fourth-order valence-electron chi connectivity index (χ4n) is 3.83. The van der Waals surface area contributed by atoms with Crippen LogP contribution in [0.2, 0.25) is 0 Å². The van der Waals surface area contributed by atoms with Crippen LogP contribution in [0.3, 0.4) is 0 Å². The first kappa shape index (κ1) is 18.3. The Morgan fingerprint density at radius 1 is 1.14 bits per heavy atom. The Kier molecular flexibility index (Phi) is 4.70. The zero-order chi connectivity index (χ0) is 19.8. The number of aromatic hydroxyl groups is 2. The molecule has 4 N–H and O–H groups in total. The summed E-state index contributed by atoms with van der Waals surface area (Å²) in [6.45, 7) is 1.17. The summed E-state index contributed by atoms with van der Waals surface area (Å²) in [5.41, 5.74) is 0.746. The maximum atomic E-state index is 12.7. The minimum Gasteiger partial charge on any atom is -0.507 e. The summed E-state index contributed by atoms with van der Waals surface area (Å²) in [4.78, 5) is 14.7. The number of nitrogens with zero attached hydrogens (tertiary/aromatic N) is 1. The van der Waals surface area contributed by atoms with Crippen molar-refractivity contribution in [2.75, 3.05) is 25.5 Å². The maximum Gasteiger partial charge on any atom is 0.201 e. The van der Waals surface area contributed by atoms with E-state index in [0.29, 0.717) is 18.5 Å². The van der Waals surface area contributed by atoms with Gasteiger partial charge >= 0.3 is 0 Å². The van der Waals surface area contributed by atoms with Crippen molar-refractivity contribution in [1.29, 1.82) is 0 Å². The average molecular weight is 382 g/mol. The first-order valence-corrected chi connectivity index (χ1v) is 9.15. The van der Waals surface area contributed by atoms with E-state index in [-0.39, 0.29) is 28.4 Å². The molecule has 0 bridgehead atoms. The zero-order valence-electron chi connectivity index (χ0n) is 15.4. The third-order valence-corrected chi connectivity index (χ3v) is 5.19. The van der Waals surface area contributed by atoms with Crippen molar-refractivity contribution in [2.24, 2.45) is 0 Å². The molecule has 4 rings (SSSR count). The van der Waals surface area contributed by atoms with Crippen molar-refractivity contribution >= 4 is 22.5 Å². The fraction of sp³-hybridized carbons (Fsp3) is 0.286. The minimum absolute atomic E-state index is 0.00228. The lowest BCUT2D eigenvalue weighted by Crippen LogP contribution is -2.40. The van der Waals surface area contributed by atoms with E-state index in [9.17, 15) is 20.1 Å². The third-order valence-electron chi connectivity index (χ3n) is 5.19. The van der Waals surface area contributed by atoms with E-state index in [0.717, 1.165) is 18.3 Å². The quantitative estimate of drug-likeness (QED) is 0.552. The molecule has 2 heterocycles. The van der Waals surface area contributed by atoms with Crippen LogP contribution in [0.1, 0.15) is 17.9 Å². The molecule has 1 saturated heterocycles. The van der Waals surface area contributed by atoms with Crippen molar-refractivity contribution in [2.45, 2.75) is 18.4 Å². The number of β-amino-alcohol motifs (C(OH)–C–C–N with tert-alkyl or cyclic N) is 1. The molecule has 146 valence electrons. The summed E-state index contributed by atoms with van der Waals surface area (Å²) in [6, 6.07) is 11.6. The molecular formula is C21H22N2O5. The van der Waals surface area contributed by atoms with Crippen molar-refractivity contribution in [3.63, 3.8) is 0 Å². The number of anilines is 2. The third kappa shape index (κ3) is 3.30. The molecule has 28 heavy (non-hydrogen) atoms. The molecule has 0 saturated carbocycles. The second-order valence-electron chi connectivity index (χ2n) is 7.22. The van der Waals surface area contributed by atoms with Gasteiger partial charge in [0.15, 0.2) is 11.0 Å². The number of para-hydroxylation sites is 1. The number of aliphatic hydroxyl groups excluding tert-OH is 1. The smallest absolute Gasteiger partial charge is 0.201 e. The number of phenolic OH excluding ortho intramolecular Hbond substituents is 2. The summed E-state index contributed by atoms with van der Waals surface area (Å²) in [5.74, 6) is -0.760. The fourth-order valence-corrected chi connectivity index (χ4v) is 3.83. The van der Waals surface area contributed by atoms with Gasteiger partial charge in [-0.05, 0) is 32.1 Å². The van der Waals surface area contributed by atoms with E-state index in [1.54, 1.807) is 0 Å². The van der Waals surface area contributed by atoms with E-state index < -0.39 is 17.5 Å². The number of aliphatic hydroxyl groups is 1. The molecule has 0 aliphatic carbocycles. The lowest BCUT2D eigenvalue weighted by Gasteiger charge is -2.34. The molecule has 0 amide bonds. The Balaban J connectivity index is 1.88. The Labute approximate surface area is 161 Å². The van der Waals surface area contributed by atoms with E-state index in [4.69, 9.17) is 4.42 Å². The Hall–Kier alpha value is -3.03. The van der Waals surface area contributed by atoms with E-state index in [1.165, 1.54) is 6.07 Å². The molecule has 0 radical (unpaired) electrons. The summed E-state index contributed by atoms with van der Waals surface area (Å²) in [5, 5.41) is 34.4. The molecule has 1 fully saturated rings. The number of fused-ring (bicyclic) bond motifs is 1. The monoisotopic (exact) mass is 382 g/mol. The van der Waals surface area contributed by atoms with Gasteiger partial charge in [0.05, 0.1) is 6.10 Å². The number of benzene rings is 2. The highest BCUT2D eigenvalue weighted by molar-refractivity contribution is 5.89. The predicted octanol–water partition coefficient (Wildman–Crippen LogP) is 2.73. The Morgan fingerprint density at radius 3 is 2.61 bits per heavy atom. The molecule has 2 aromatic carbocycles. The number of piperidine rings is 1. The molecule has 2 atom stereocenters. The lowest BCUT2D eigenvalue weighted by molar-refractivity contribution is 0.0631. The number of hydrogen-bond donors (Lipinski definition) is 4. The van der Waals surface area contributed by atoms with Crippen molar-refractivity contribution in [3.8, 4) is 11.5 Å². The SMILES string of the molecule is CN1CC[C@H](c2c(O)cc(O)c3c(=O)cc(Nc4ccccc4)oc23)[C@H](O)C1. The van der Waals surface area contributed by atoms with Gasteiger partial charge < -0.3 is 30.0 Å². The molecule has 7 heteroatoms. The highest BCUT2D eigenvalue weighted by Crippen LogP contribution is 2.42. The van der Waals surface area contributed by atoms with Crippen LogP contribution in [-0.4, -0.2) is 46.5 Å². The average Bonchev–Trinajstić information content (AvgIpc) is 2.63. The number of likely N-dealkylation sites (N-methyl/N-ethyl adjacent to an activating group) is 1. The van der Waals surface area contributed by atoms with Gasteiger partial charge in [0.25, 0.3) is 0 Å². The van der Waals surface area contributed by atoms with Crippen molar-refractivity contribution in [3.05, 3.63) is 58.3 Å². The number of likely N-dealkylation sites (tertiary alicyclic amines) is 1. The molecule has 7 nitrogen and oxygen atoms in total. The van der Waals surface area contributed by atoms with Gasteiger partial charge in [-0.15, -0.1) is 0 Å². The number of phenols is 2. The van der Waals surface area contributed by atoms with Crippen LogP contribution in [0.5, 0.6) is 11.5 Å². The van der Waals surface area contributed by atoms with Gasteiger partial charge in [0.1, 0.15) is 16.9 Å². The molecule has 1 aromatic heterocycles. The molecular weight excluding hydrogens is 360 g/mol. The Morgan fingerprint density at radius 2 is 1.89 bits per heavy atom. The largest absolute Gasteiger partial charge is 0.507 e. The van der Waals surface area contributed by atoms with Gasteiger partial charge in [-0.3, -0.25) is 4.79 Å². The molecule has 0 unspecified atom stereocenters. The molecule has 1 aliphatic rings. The predicted molar refractivity (Wildman–Crippen MR) is 106 cm³/mol. The summed E-state index contributed by atoms with van der Waals surface area (Å²) >= 11 is 0. The highest BCUT2D eigenvalue weighted by atomic mass is 16.4. The van der Waals surface area contributed by atoms with Gasteiger partial charge in [0, 0.05) is 35.8 Å². The molecule has 0 spiro atoms. The Bertz CT molecular complexity index is 1060. The van der Waals surface area contributed by atoms with E-state index in [2.05, 4.69) is 5.32 Å². The van der Waals surface area contributed by atoms with Crippen LogP contribution in [0.25, 0.3) is 11.0 Å². The van der Waals surface area contributed by atoms with Crippen LogP contribution in [0.15, 0.2) is 51.7 Å². The second kappa shape index (κ2) is 7.18. The zero-order valence-corrected chi connectivity index (χ0v) is 15.4. The molecule has 3 aromatic rings. The lowest BCUT2D eigenvalue weighted by atomic mass is 9.85. The number of nitrogens with one attached hydrogen (secondary N) is 1. The van der Waals surface area contributed by atoms with Gasteiger partial charge in [0.2, 0.25) is 5.88 Å². The number of rotatable bonds is 3.